The van der Waals surface area contributed by atoms with E-state index < -0.39 is 18.2 Å². The summed E-state index contributed by atoms with van der Waals surface area (Å²) in [4.78, 5) is -0.0563. The number of benzene rings is 1. The molecule has 0 aromatic heterocycles. The zero-order valence-electron chi connectivity index (χ0n) is 9.44. The summed E-state index contributed by atoms with van der Waals surface area (Å²) in [5.41, 5.74) is 0. The van der Waals surface area contributed by atoms with Crippen LogP contribution in [0.1, 0.15) is 0 Å². The Kier molecular flexibility index (Phi) is 5.91. The van der Waals surface area contributed by atoms with Crippen molar-refractivity contribution in [1.82, 2.24) is 0 Å². The molecular formula is C9H13KO3SSi. The third kappa shape index (κ3) is 4.39. The van der Waals surface area contributed by atoms with Gasteiger partial charge in [-0.25, -0.2) is 8.42 Å². The van der Waals surface area contributed by atoms with Crippen LogP contribution in [0.5, 0.6) is 0 Å². The van der Waals surface area contributed by atoms with Crippen LogP contribution in [0.15, 0.2) is 29.2 Å². The molecule has 1 aromatic rings. The molecule has 0 spiro atoms. The fourth-order valence-corrected chi connectivity index (χ4v) is 4.60. The first-order valence-corrected chi connectivity index (χ1v) is 9.19. The molecule has 0 saturated carbocycles. The molecule has 0 N–H and O–H groups in total. The third-order valence-corrected chi connectivity index (χ3v) is 5.09. The zero-order chi connectivity index (χ0) is 11.0. The number of rotatable bonds is 2. The van der Waals surface area contributed by atoms with Gasteiger partial charge in [0.25, 0.3) is 0 Å². The van der Waals surface area contributed by atoms with Crippen molar-refractivity contribution in [3.63, 3.8) is 0 Å². The fourth-order valence-electron chi connectivity index (χ4n) is 1.30. The maximum absolute atomic E-state index is 11.0. The summed E-state index contributed by atoms with van der Waals surface area (Å²) in [5.74, 6) is 0. The minimum atomic E-state index is -4.33. The molecule has 0 radical (unpaired) electrons. The Morgan fingerprint density at radius 3 is 1.93 bits per heavy atom. The van der Waals surface area contributed by atoms with Crippen LogP contribution in [-0.2, 0) is 10.1 Å². The molecule has 0 aliphatic heterocycles. The molecule has 0 fully saturated rings. The molecule has 1 aromatic carbocycles. The standard InChI is InChI=1S/C9H14O3SSi.K/c1-14(2,3)9-7-5-4-6-8(9)13(10,11)12;/h4-7H,1-3H3,(H,10,11,12);/q;+1/p-1. The summed E-state index contributed by atoms with van der Waals surface area (Å²) in [6, 6.07) is 6.46. The average molecular weight is 268 g/mol. The van der Waals surface area contributed by atoms with Gasteiger partial charge < -0.3 is 4.55 Å². The molecule has 78 valence electrons. The molecule has 6 heteroatoms. The van der Waals surface area contributed by atoms with Crippen LogP contribution in [0, 0.1) is 0 Å². The Morgan fingerprint density at radius 1 is 1.13 bits per heavy atom. The predicted molar refractivity (Wildman–Crippen MR) is 57.4 cm³/mol. The molecule has 3 nitrogen and oxygen atoms in total. The SMILES string of the molecule is C[Si](C)(C)c1ccccc1S(=O)(=O)[O-].[K+]. The van der Waals surface area contributed by atoms with E-state index in [4.69, 9.17) is 0 Å². The van der Waals surface area contributed by atoms with Crippen LogP contribution < -0.4 is 56.6 Å². The van der Waals surface area contributed by atoms with E-state index in [0.717, 1.165) is 0 Å². The fraction of sp³-hybridized carbons (Fsp3) is 0.333. The quantitative estimate of drug-likeness (QED) is 0.467. The van der Waals surface area contributed by atoms with Crippen molar-refractivity contribution in [3.05, 3.63) is 24.3 Å². The van der Waals surface area contributed by atoms with Crippen LogP contribution in [0.25, 0.3) is 0 Å². The smallest absolute Gasteiger partial charge is 0.744 e. The van der Waals surface area contributed by atoms with Gasteiger partial charge in [0.2, 0.25) is 0 Å². The molecule has 0 bridgehead atoms. The van der Waals surface area contributed by atoms with Crippen molar-refractivity contribution in [1.29, 1.82) is 0 Å². The minimum absolute atomic E-state index is 0. The first kappa shape index (κ1) is 16.0. The van der Waals surface area contributed by atoms with Gasteiger partial charge in [-0.05, 0) is 11.3 Å². The first-order chi connectivity index (χ1) is 6.23. The molecule has 1 rings (SSSR count). The molecule has 0 saturated heterocycles. The summed E-state index contributed by atoms with van der Waals surface area (Å²) in [5, 5.41) is 0.704. The van der Waals surface area contributed by atoms with Gasteiger partial charge in [0.15, 0.2) is 0 Å². The van der Waals surface area contributed by atoms with Crippen molar-refractivity contribution >= 4 is 23.4 Å². The predicted octanol–water partition coefficient (Wildman–Crippen LogP) is -1.86. The molecule has 0 aliphatic rings. The summed E-state index contributed by atoms with van der Waals surface area (Å²) in [7, 11) is -6.10. The molecule has 0 atom stereocenters. The van der Waals surface area contributed by atoms with Gasteiger partial charge >= 0.3 is 51.4 Å². The number of hydrogen-bond donors (Lipinski definition) is 0. The second-order valence-electron chi connectivity index (χ2n) is 4.20. The summed E-state index contributed by atoms with van der Waals surface area (Å²) in [6.45, 7) is 6.03. The van der Waals surface area contributed by atoms with Crippen LogP contribution in [0.4, 0.5) is 0 Å². The van der Waals surface area contributed by atoms with E-state index in [1.54, 1.807) is 18.2 Å². The Balaban J connectivity index is 0.00000196. The minimum Gasteiger partial charge on any atom is -0.744 e. The van der Waals surface area contributed by atoms with Crippen LogP contribution >= 0.6 is 0 Å². The topological polar surface area (TPSA) is 57.2 Å². The molecular weight excluding hydrogens is 255 g/mol. The van der Waals surface area contributed by atoms with Crippen molar-refractivity contribution in [2.24, 2.45) is 0 Å². The third-order valence-electron chi connectivity index (χ3n) is 1.96. The van der Waals surface area contributed by atoms with Crippen molar-refractivity contribution in [2.75, 3.05) is 0 Å². The van der Waals surface area contributed by atoms with Crippen molar-refractivity contribution < 1.29 is 64.4 Å². The van der Waals surface area contributed by atoms with Gasteiger partial charge in [-0.3, -0.25) is 0 Å². The Morgan fingerprint density at radius 2 is 1.60 bits per heavy atom. The molecule has 15 heavy (non-hydrogen) atoms. The summed E-state index contributed by atoms with van der Waals surface area (Å²) < 4.78 is 32.9. The van der Waals surface area contributed by atoms with Crippen LogP contribution in [-0.4, -0.2) is 21.0 Å². The molecule has 0 heterocycles. The Labute approximate surface area is 134 Å². The maximum Gasteiger partial charge on any atom is 1.00 e. The van der Waals surface area contributed by atoms with Gasteiger partial charge in [-0.2, -0.15) is 0 Å². The summed E-state index contributed by atoms with van der Waals surface area (Å²) in [6.07, 6.45) is 0. The Hall–Kier alpha value is 0.983. The first-order valence-electron chi connectivity index (χ1n) is 4.28. The van der Waals surface area contributed by atoms with Crippen molar-refractivity contribution in [2.45, 2.75) is 24.5 Å². The maximum atomic E-state index is 11.0. The van der Waals surface area contributed by atoms with Gasteiger partial charge in [0, 0.05) is 0 Å². The molecule has 0 unspecified atom stereocenters. The Bertz CT molecular complexity index is 437. The van der Waals surface area contributed by atoms with E-state index in [1.165, 1.54) is 6.07 Å². The molecule has 0 amide bonds. The van der Waals surface area contributed by atoms with E-state index in [1.807, 2.05) is 19.6 Å². The van der Waals surface area contributed by atoms with Gasteiger partial charge in [-0.15, -0.1) is 0 Å². The van der Waals surface area contributed by atoms with E-state index in [-0.39, 0.29) is 56.3 Å². The van der Waals surface area contributed by atoms with E-state index >= 15 is 0 Å². The molecule has 0 aliphatic carbocycles. The monoisotopic (exact) mass is 268 g/mol. The van der Waals surface area contributed by atoms with Crippen LogP contribution in [0.2, 0.25) is 19.6 Å². The van der Waals surface area contributed by atoms with Gasteiger partial charge in [0.05, 0.1) is 13.0 Å². The largest absolute Gasteiger partial charge is 1.00 e. The zero-order valence-corrected chi connectivity index (χ0v) is 14.4. The second kappa shape index (κ2) is 5.55. The van der Waals surface area contributed by atoms with Crippen LogP contribution in [0.3, 0.4) is 0 Å². The summed E-state index contributed by atoms with van der Waals surface area (Å²) >= 11 is 0. The van der Waals surface area contributed by atoms with Gasteiger partial charge in [-0.1, -0.05) is 37.8 Å². The van der Waals surface area contributed by atoms with E-state index in [9.17, 15) is 13.0 Å². The normalized spacial score (nSPS) is 12.0. The average Bonchev–Trinajstić information content (AvgIpc) is 2.01. The number of hydrogen-bond acceptors (Lipinski definition) is 3. The van der Waals surface area contributed by atoms with E-state index in [2.05, 4.69) is 0 Å². The van der Waals surface area contributed by atoms with E-state index in [0.29, 0.717) is 5.19 Å². The van der Waals surface area contributed by atoms with Gasteiger partial charge in [0.1, 0.15) is 10.1 Å². The second-order valence-corrected chi connectivity index (χ2v) is 10.6. The van der Waals surface area contributed by atoms with Crippen molar-refractivity contribution in [3.8, 4) is 0 Å².